The first-order valence-corrected chi connectivity index (χ1v) is 11.4. The first-order valence-electron chi connectivity index (χ1n) is 10.6. The summed E-state index contributed by atoms with van der Waals surface area (Å²) in [5.41, 5.74) is 0.816. The fourth-order valence-electron chi connectivity index (χ4n) is 3.18. The van der Waals surface area contributed by atoms with E-state index in [0.29, 0.717) is 41.8 Å². The summed E-state index contributed by atoms with van der Waals surface area (Å²) >= 11 is 12.2. The van der Waals surface area contributed by atoms with Gasteiger partial charge in [-0.3, -0.25) is 9.59 Å². The quantitative estimate of drug-likeness (QED) is 0.422. The zero-order chi connectivity index (χ0) is 22.6. The van der Waals surface area contributed by atoms with E-state index in [0.717, 1.165) is 12.0 Å². The van der Waals surface area contributed by atoms with Crippen LogP contribution in [0.2, 0.25) is 10.0 Å². The SMILES string of the molecule is CCCNC(=O)[C@H](CC)N(Cc1ccccc1Cl)C(=O)CCCOc1ccc(Cl)cc1. The zero-order valence-electron chi connectivity index (χ0n) is 18.1. The Kier molecular flexibility index (Phi) is 10.7. The Morgan fingerprint density at radius 1 is 1.06 bits per heavy atom. The van der Waals surface area contributed by atoms with Crippen molar-refractivity contribution < 1.29 is 14.3 Å². The molecule has 0 heterocycles. The van der Waals surface area contributed by atoms with E-state index >= 15 is 0 Å². The van der Waals surface area contributed by atoms with E-state index in [9.17, 15) is 9.59 Å². The molecule has 0 radical (unpaired) electrons. The van der Waals surface area contributed by atoms with Crippen molar-refractivity contribution in [3.63, 3.8) is 0 Å². The number of halogens is 2. The van der Waals surface area contributed by atoms with E-state index in [4.69, 9.17) is 27.9 Å². The lowest BCUT2D eigenvalue weighted by molar-refractivity contribution is -0.141. The second-order valence-electron chi connectivity index (χ2n) is 7.23. The monoisotopic (exact) mass is 464 g/mol. The number of nitrogens with zero attached hydrogens (tertiary/aromatic N) is 1. The Bertz CT molecular complexity index is 843. The number of benzene rings is 2. The minimum Gasteiger partial charge on any atom is -0.494 e. The standard InChI is InChI=1S/C24H30Cl2N2O3/c1-3-15-27-24(30)22(4-2)28(17-18-8-5-6-9-21(18)26)23(29)10-7-16-31-20-13-11-19(25)12-14-20/h5-6,8-9,11-14,22H,3-4,7,10,15-17H2,1-2H3,(H,27,30)/t22-/m0/s1. The molecule has 0 spiro atoms. The molecule has 7 heteroatoms. The average molecular weight is 465 g/mol. The van der Waals surface area contributed by atoms with Crippen LogP contribution in [0.4, 0.5) is 0 Å². The summed E-state index contributed by atoms with van der Waals surface area (Å²) < 4.78 is 5.69. The third-order valence-corrected chi connectivity index (χ3v) is 5.47. The molecule has 1 N–H and O–H groups in total. The maximum absolute atomic E-state index is 13.1. The van der Waals surface area contributed by atoms with E-state index in [2.05, 4.69) is 5.32 Å². The molecular formula is C24H30Cl2N2O3. The van der Waals surface area contributed by atoms with E-state index in [1.54, 1.807) is 35.2 Å². The lowest BCUT2D eigenvalue weighted by atomic mass is 10.1. The smallest absolute Gasteiger partial charge is 0.242 e. The van der Waals surface area contributed by atoms with Crippen molar-refractivity contribution in [3.8, 4) is 5.75 Å². The van der Waals surface area contributed by atoms with Gasteiger partial charge in [0.15, 0.2) is 0 Å². The van der Waals surface area contributed by atoms with Gasteiger partial charge in [-0.2, -0.15) is 0 Å². The van der Waals surface area contributed by atoms with Crippen LogP contribution in [-0.2, 0) is 16.1 Å². The van der Waals surface area contributed by atoms with Gasteiger partial charge in [-0.1, -0.05) is 55.2 Å². The highest BCUT2D eigenvalue weighted by Gasteiger charge is 2.28. The minimum atomic E-state index is -0.549. The molecule has 0 aliphatic rings. The van der Waals surface area contributed by atoms with Crippen molar-refractivity contribution in [3.05, 3.63) is 64.1 Å². The highest BCUT2D eigenvalue weighted by atomic mass is 35.5. The molecule has 0 aliphatic heterocycles. The van der Waals surface area contributed by atoms with Crippen molar-refractivity contribution in [2.45, 2.75) is 52.1 Å². The lowest BCUT2D eigenvalue weighted by Gasteiger charge is -2.31. The first-order chi connectivity index (χ1) is 15.0. The fourth-order valence-corrected chi connectivity index (χ4v) is 3.50. The summed E-state index contributed by atoms with van der Waals surface area (Å²) in [4.78, 5) is 27.5. The van der Waals surface area contributed by atoms with E-state index in [1.165, 1.54) is 0 Å². The summed E-state index contributed by atoms with van der Waals surface area (Å²) in [7, 11) is 0. The summed E-state index contributed by atoms with van der Waals surface area (Å²) in [5, 5.41) is 4.13. The number of carbonyl (C=O) groups excluding carboxylic acids is 2. The van der Waals surface area contributed by atoms with Gasteiger partial charge in [0.1, 0.15) is 11.8 Å². The molecule has 2 amide bonds. The van der Waals surface area contributed by atoms with Crippen LogP contribution in [0.5, 0.6) is 5.75 Å². The number of hydrogen-bond donors (Lipinski definition) is 1. The molecule has 0 unspecified atom stereocenters. The fraction of sp³-hybridized carbons (Fsp3) is 0.417. The minimum absolute atomic E-state index is 0.0990. The molecule has 1 atom stereocenters. The predicted molar refractivity (Wildman–Crippen MR) is 126 cm³/mol. The second-order valence-corrected chi connectivity index (χ2v) is 8.08. The van der Waals surface area contributed by atoms with E-state index in [-0.39, 0.29) is 24.8 Å². The normalized spacial score (nSPS) is 11.6. The molecule has 0 saturated carbocycles. The molecule has 2 aromatic carbocycles. The van der Waals surface area contributed by atoms with Gasteiger partial charge in [0.05, 0.1) is 6.61 Å². The third-order valence-electron chi connectivity index (χ3n) is 4.85. The van der Waals surface area contributed by atoms with Crippen LogP contribution in [0.25, 0.3) is 0 Å². The number of hydrogen-bond acceptors (Lipinski definition) is 3. The Hall–Kier alpha value is -2.24. The van der Waals surface area contributed by atoms with Gasteiger partial charge < -0.3 is 15.0 Å². The summed E-state index contributed by atoms with van der Waals surface area (Å²) in [5.74, 6) is 0.468. The van der Waals surface area contributed by atoms with Crippen LogP contribution in [0, 0.1) is 0 Å². The average Bonchev–Trinajstić information content (AvgIpc) is 2.77. The van der Waals surface area contributed by atoms with Crippen molar-refractivity contribution in [2.24, 2.45) is 0 Å². The molecule has 0 aliphatic carbocycles. The molecule has 168 valence electrons. The van der Waals surface area contributed by atoms with Gasteiger partial charge in [-0.25, -0.2) is 0 Å². The van der Waals surface area contributed by atoms with Gasteiger partial charge >= 0.3 is 0 Å². The number of rotatable bonds is 12. The second kappa shape index (κ2) is 13.2. The molecule has 0 bridgehead atoms. The summed E-state index contributed by atoms with van der Waals surface area (Å²) in [6.45, 7) is 5.17. The van der Waals surface area contributed by atoms with E-state index < -0.39 is 6.04 Å². The Balaban J connectivity index is 2.04. The molecule has 2 aromatic rings. The molecule has 0 fully saturated rings. The molecule has 5 nitrogen and oxygen atoms in total. The van der Waals surface area contributed by atoms with E-state index in [1.807, 2.05) is 32.0 Å². The van der Waals surface area contributed by atoms with Crippen LogP contribution >= 0.6 is 23.2 Å². The third kappa shape index (κ3) is 8.08. The van der Waals surface area contributed by atoms with Crippen molar-refractivity contribution in [1.82, 2.24) is 10.2 Å². The Morgan fingerprint density at radius 3 is 2.42 bits per heavy atom. The van der Waals surface area contributed by atoms with Crippen LogP contribution in [-0.4, -0.2) is 35.9 Å². The topological polar surface area (TPSA) is 58.6 Å². The molecule has 0 saturated heterocycles. The van der Waals surface area contributed by atoms with Crippen LogP contribution < -0.4 is 10.1 Å². The summed E-state index contributed by atoms with van der Waals surface area (Å²) in [6, 6.07) is 13.9. The number of amides is 2. The number of ether oxygens (including phenoxy) is 1. The molecule has 31 heavy (non-hydrogen) atoms. The zero-order valence-corrected chi connectivity index (χ0v) is 19.6. The molecule has 2 rings (SSSR count). The van der Waals surface area contributed by atoms with Crippen LogP contribution in [0.1, 0.15) is 45.1 Å². The molecule has 0 aromatic heterocycles. The van der Waals surface area contributed by atoms with Gasteiger partial charge in [0, 0.05) is 29.6 Å². The van der Waals surface area contributed by atoms with Gasteiger partial charge in [-0.05, 0) is 55.2 Å². The van der Waals surface area contributed by atoms with Crippen molar-refractivity contribution >= 4 is 35.0 Å². The Morgan fingerprint density at radius 2 is 1.77 bits per heavy atom. The van der Waals surface area contributed by atoms with Crippen LogP contribution in [0.15, 0.2) is 48.5 Å². The van der Waals surface area contributed by atoms with Gasteiger partial charge in [0.2, 0.25) is 11.8 Å². The Labute approximate surface area is 194 Å². The largest absolute Gasteiger partial charge is 0.494 e. The van der Waals surface area contributed by atoms with Gasteiger partial charge in [-0.15, -0.1) is 0 Å². The maximum Gasteiger partial charge on any atom is 0.242 e. The lowest BCUT2D eigenvalue weighted by Crippen LogP contribution is -2.49. The predicted octanol–water partition coefficient (Wildman–Crippen LogP) is 5.49. The molecular weight excluding hydrogens is 435 g/mol. The van der Waals surface area contributed by atoms with Crippen LogP contribution in [0.3, 0.4) is 0 Å². The first kappa shape index (κ1) is 25.0. The number of nitrogens with one attached hydrogen (secondary N) is 1. The van der Waals surface area contributed by atoms with Crippen molar-refractivity contribution in [1.29, 1.82) is 0 Å². The van der Waals surface area contributed by atoms with Gasteiger partial charge in [0.25, 0.3) is 0 Å². The highest BCUT2D eigenvalue weighted by Crippen LogP contribution is 2.21. The number of carbonyl (C=O) groups is 2. The highest BCUT2D eigenvalue weighted by molar-refractivity contribution is 6.31. The van der Waals surface area contributed by atoms with Crippen molar-refractivity contribution in [2.75, 3.05) is 13.2 Å². The summed E-state index contributed by atoms with van der Waals surface area (Å²) in [6.07, 6.45) is 2.17. The maximum atomic E-state index is 13.1.